The zero-order valence-electron chi connectivity index (χ0n) is 10.8. The number of hydrogen-bond donors (Lipinski definition) is 1. The zero-order valence-corrected chi connectivity index (χ0v) is 12.4. The van der Waals surface area contributed by atoms with Crippen LogP contribution in [-0.2, 0) is 4.74 Å². The van der Waals surface area contributed by atoms with E-state index >= 15 is 0 Å². The molecule has 100 valence electrons. The largest absolute Gasteiger partial charge is 0.383 e. The number of hydrogen-bond acceptors (Lipinski definition) is 3. The van der Waals surface area contributed by atoms with E-state index in [1.54, 1.807) is 13.2 Å². The van der Waals surface area contributed by atoms with Crippen LogP contribution in [0.4, 0.5) is 0 Å². The maximum absolute atomic E-state index is 11.9. The van der Waals surface area contributed by atoms with E-state index in [0.717, 1.165) is 17.6 Å². The van der Waals surface area contributed by atoms with Gasteiger partial charge in [-0.3, -0.25) is 4.79 Å². The van der Waals surface area contributed by atoms with Gasteiger partial charge in [0, 0.05) is 31.2 Å². The van der Waals surface area contributed by atoms with E-state index in [4.69, 9.17) is 4.74 Å². The third kappa shape index (κ3) is 5.16. The van der Waals surface area contributed by atoms with Gasteiger partial charge in [-0.15, -0.1) is 0 Å². The molecule has 0 radical (unpaired) electrons. The third-order valence-electron chi connectivity index (χ3n) is 2.57. The van der Waals surface area contributed by atoms with Crippen LogP contribution in [0.2, 0.25) is 0 Å². The van der Waals surface area contributed by atoms with Gasteiger partial charge in [0.25, 0.3) is 5.91 Å². The van der Waals surface area contributed by atoms with Crippen molar-refractivity contribution in [1.29, 1.82) is 0 Å². The Morgan fingerprint density at radius 2 is 2.11 bits per heavy atom. The summed E-state index contributed by atoms with van der Waals surface area (Å²) in [6.45, 7) is 3.00. The minimum Gasteiger partial charge on any atom is -0.383 e. The summed E-state index contributed by atoms with van der Waals surface area (Å²) in [5.41, 5.74) is 0.664. The molecule has 0 aromatic heterocycles. The van der Waals surface area contributed by atoms with Crippen molar-refractivity contribution in [2.75, 3.05) is 40.4 Å². The summed E-state index contributed by atoms with van der Waals surface area (Å²) in [5.74, 6) is -0.0531. The predicted molar refractivity (Wildman–Crippen MR) is 75.8 cm³/mol. The molecule has 0 unspecified atom stereocenters. The Hall–Kier alpha value is -0.910. The van der Waals surface area contributed by atoms with Gasteiger partial charge in [0.15, 0.2) is 0 Å². The maximum Gasteiger partial charge on any atom is 0.252 e. The molecule has 0 saturated carbocycles. The number of benzene rings is 1. The molecular weight excluding hydrogens is 296 g/mol. The Kier molecular flexibility index (Phi) is 6.93. The van der Waals surface area contributed by atoms with Crippen molar-refractivity contribution in [2.24, 2.45) is 0 Å². The summed E-state index contributed by atoms with van der Waals surface area (Å²) in [7, 11) is 3.69. The lowest BCUT2D eigenvalue weighted by molar-refractivity contribution is 0.0947. The molecule has 0 aliphatic heterocycles. The molecule has 5 heteroatoms. The Labute approximate surface area is 116 Å². The van der Waals surface area contributed by atoms with Gasteiger partial charge in [-0.1, -0.05) is 12.1 Å². The van der Waals surface area contributed by atoms with Gasteiger partial charge in [0.05, 0.1) is 12.2 Å². The molecule has 18 heavy (non-hydrogen) atoms. The normalized spacial score (nSPS) is 10.7. The van der Waals surface area contributed by atoms with E-state index in [9.17, 15) is 4.79 Å². The zero-order chi connectivity index (χ0) is 13.4. The van der Waals surface area contributed by atoms with Crippen molar-refractivity contribution in [2.45, 2.75) is 0 Å². The van der Waals surface area contributed by atoms with Gasteiger partial charge in [-0.2, -0.15) is 0 Å². The highest BCUT2D eigenvalue weighted by molar-refractivity contribution is 9.10. The van der Waals surface area contributed by atoms with Crippen molar-refractivity contribution < 1.29 is 9.53 Å². The second-order valence-corrected chi connectivity index (χ2v) is 4.89. The van der Waals surface area contributed by atoms with Crippen LogP contribution in [0.3, 0.4) is 0 Å². The molecule has 1 N–H and O–H groups in total. The standard InChI is InChI=1S/C13H19BrN2O2/c1-16(9-10-18-2)8-7-15-13(17)11-5-3-4-6-12(11)14/h3-6H,7-10H2,1-2H3,(H,15,17). The number of likely N-dealkylation sites (N-methyl/N-ethyl adjacent to an activating group) is 1. The van der Waals surface area contributed by atoms with Crippen LogP contribution >= 0.6 is 15.9 Å². The van der Waals surface area contributed by atoms with Crippen LogP contribution < -0.4 is 5.32 Å². The van der Waals surface area contributed by atoms with Gasteiger partial charge in [-0.05, 0) is 35.1 Å². The summed E-state index contributed by atoms with van der Waals surface area (Å²) in [6.07, 6.45) is 0. The molecule has 1 amide bonds. The first kappa shape index (κ1) is 15.1. The van der Waals surface area contributed by atoms with Crippen molar-refractivity contribution in [1.82, 2.24) is 10.2 Å². The number of carbonyl (C=O) groups excluding carboxylic acids is 1. The summed E-state index contributed by atoms with van der Waals surface area (Å²) >= 11 is 3.36. The summed E-state index contributed by atoms with van der Waals surface area (Å²) < 4.78 is 5.80. The predicted octanol–water partition coefficient (Wildman–Crippen LogP) is 1.76. The molecule has 1 aromatic rings. The summed E-state index contributed by atoms with van der Waals surface area (Å²) in [4.78, 5) is 14.0. The number of amides is 1. The summed E-state index contributed by atoms with van der Waals surface area (Å²) in [5, 5.41) is 2.90. The van der Waals surface area contributed by atoms with Crippen LogP contribution in [-0.4, -0.2) is 51.2 Å². The molecule has 0 atom stereocenters. The fourth-order valence-electron chi connectivity index (χ4n) is 1.46. The number of rotatable bonds is 7. The van der Waals surface area contributed by atoms with Crippen LogP contribution in [0.15, 0.2) is 28.7 Å². The first-order chi connectivity index (χ1) is 8.65. The molecule has 0 fully saturated rings. The molecule has 0 bridgehead atoms. The van der Waals surface area contributed by atoms with Crippen LogP contribution in [0.1, 0.15) is 10.4 Å². The highest BCUT2D eigenvalue weighted by Crippen LogP contribution is 2.15. The topological polar surface area (TPSA) is 41.6 Å². The smallest absolute Gasteiger partial charge is 0.252 e. The number of carbonyl (C=O) groups is 1. The number of ether oxygens (including phenoxy) is 1. The second kappa shape index (κ2) is 8.24. The summed E-state index contributed by atoms with van der Waals surface area (Å²) in [6, 6.07) is 7.40. The fraction of sp³-hybridized carbons (Fsp3) is 0.462. The van der Waals surface area contributed by atoms with E-state index < -0.39 is 0 Å². The highest BCUT2D eigenvalue weighted by atomic mass is 79.9. The van der Waals surface area contributed by atoms with Crippen LogP contribution in [0.25, 0.3) is 0 Å². The molecule has 0 aliphatic rings. The lowest BCUT2D eigenvalue weighted by atomic mass is 10.2. The Morgan fingerprint density at radius 1 is 1.39 bits per heavy atom. The van der Waals surface area contributed by atoms with Gasteiger partial charge in [0.1, 0.15) is 0 Å². The quantitative estimate of drug-likeness (QED) is 0.834. The number of nitrogens with zero attached hydrogens (tertiary/aromatic N) is 1. The van der Waals surface area contributed by atoms with E-state index in [1.807, 2.05) is 25.2 Å². The van der Waals surface area contributed by atoms with Crippen molar-refractivity contribution in [3.63, 3.8) is 0 Å². The molecule has 0 aliphatic carbocycles. The first-order valence-corrected chi connectivity index (χ1v) is 6.64. The highest BCUT2D eigenvalue weighted by Gasteiger charge is 2.08. The first-order valence-electron chi connectivity index (χ1n) is 5.85. The second-order valence-electron chi connectivity index (χ2n) is 4.03. The van der Waals surface area contributed by atoms with E-state index in [-0.39, 0.29) is 5.91 Å². The Balaban J connectivity index is 2.32. The Bertz CT molecular complexity index is 385. The van der Waals surface area contributed by atoms with Crippen molar-refractivity contribution in [3.8, 4) is 0 Å². The lowest BCUT2D eigenvalue weighted by Gasteiger charge is -2.16. The van der Waals surface area contributed by atoms with Gasteiger partial charge in [0.2, 0.25) is 0 Å². The SMILES string of the molecule is COCCN(C)CCNC(=O)c1ccccc1Br. The van der Waals surface area contributed by atoms with Crippen LogP contribution in [0, 0.1) is 0 Å². The third-order valence-corrected chi connectivity index (χ3v) is 3.27. The van der Waals surface area contributed by atoms with Gasteiger partial charge < -0.3 is 15.0 Å². The van der Waals surface area contributed by atoms with Crippen molar-refractivity contribution in [3.05, 3.63) is 34.3 Å². The fourth-order valence-corrected chi connectivity index (χ4v) is 1.92. The van der Waals surface area contributed by atoms with E-state index in [2.05, 4.69) is 26.1 Å². The lowest BCUT2D eigenvalue weighted by Crippen LogP contribution is -2.34. The average molecular weight is 315 g/mol. The number of halogens is 1. The molecule has 0 heterocycles. The monoisotopic (exact) mass is 314 g/mol. The molecule has 0 spiro atoms. The van der Waals surface area contributed by atoms with Crippen LogP contribution in [0.5, 0.6) is 0 Å². The van der Waals surface area contributed by atoms with Gasteiger partial charge >= 0.3 is 0 Å². The van der Waals surface area contributed by atoms with Gasteiger partial charge in [-0.25, -0.2) is 0 Å². The molecule has 0 saturated heterocycles. The Morgan fingerprint density at radius 3 is 2.78 bits per heavy atom. The maximum atomic E-state index is 11.9. The minimum absolute atomic E-state index is 0.0531. The van der Waals surface area contributed by atoms with E-state index in [1.165, 1.54) is 0 Å². The van der Waals surface area contributed by atoms with E-state index in [0.29, 0.717) is 18.7 Å². The average Bonchev–Trinajstić information content (AvgIpc) is 2.36. The molecular formula is C13H19BrN2O2. The molecule has 4 nitrogen and oxygen atoms in total. The molecule has 1 aromatic carbocycles. The number of nitrogens with one attached hydrogen (secondary N) is 1. The van der Waals surface area contributed by atoms with Crippen molar-refractivity contribution >= 4 is 21.8 Å². The minimum atomic E-state index is -0.0531. The number of methoxy groups -OCH3 is 1. The molecule has 1 rings (SSSR count).